The Labute approximate surface area is 123 Å². The third-order valence-electron chi connectivity index (χ3n) is 3.03. The first-order chi connectivity index (χ1) is 9.58. The van der Waals surface area contributed by atoms with E-state index in [1.54, 1.807) is 23.6 Å². The van der Waals surface area contributed by atoms with E-state index in [1.165, 1.54) is 28.4 Å². The molecule has 0 radical (unpaired) electrons. The van der Waals surface area contributed by atoms with Gasteiger partial charge in [-0.2, -0.15) is 0 Å². The Kier molecular flexibility index (Phi) is 3.16. The summed E-state index contributed by atoms with van der Waals surface area (Å²) in [5, 5.41) is 2.20. The minimum atomic E-state index is -0.688. The van der Waals surface area contributed by atoms with E-state index in [1.807, 2.05) is 0 Å². The Morgan fingerprint density at radius 1 is 1.25 bits per heavy atom. The second kappa shape index (κ2) is 4.85. The number of carbonyl (C=O) groups is 3. The Morgan fingerprint density at radius 3 is 2.75 bits per heavy atom. The van der Waals surface area contributed by atoms with Crippen molar-refractivity contribution in [3.05, 3.63) is 51.2 Å². The van der Waals surface area contributed by atoms with Crippen LogP contribution < -0.4 is 4.90 Å². The number of hydrogen-bond acceptors (Lipinski definition) is 4. The van der Waals surface area contributed by atoms with Crippen molar-refractivity contribution in [2.45, 2.75) is 0 Å². The van der Waals surface area contributed by atoms with Gasteiger partial charge < -0.3 is 0 Å². The maximum absolute atomic E-state index is 12.1. The maximum Gasteiger partial charge on any atom is 0.299 e. The van der Waals surface area contributed by atoms with E-state index < -0.39 is 11.7 Å². The zero-order chi connectivity index (χ0) is 14.3. The molecular formula is C14H8ClNO3S. The number of thiophene rings is 1. The molecule has 0 bridgehead atoms. The smallest absolute Gasteiger partial charge is 0.297 e. The van der Waals surface area contributed by atoms with Gasteiger partial charge >= 0.3 is 0 Å². The molecule has 0 N–H and O–H groups in total. The van der Waals surface area contributed by atoms with Crippen LogP contribution in [0.15, 0.2) is 35.7 Å². The SMILES string of the molecule is O=C(CN1C(=O)C(=O)c2ccc(Cl)cc21)c1cccs1. The minimum absolute atomic E-state index is 0.154. The van der Waals surface area contributed by atoms with Crippen molar-refractivity contribution in [1.29, 1.82) is 0 Å². The molecular weight excluding hydrogens is 298 g/mol. The number of fused-ring (bicyclic) bond motifs is 1. The topological polar surface area (TPSA) is 54.5 Å². The van der Waals surface area contributed by atoms with Crippen LogP contribution in [-0.2, 0) is 4.79 Å². The van der Waals surface area contributed by atoms with Crippen LogP contribution in [-0.4, -0.2) is 24.0 Å². The summed E-state index contributed by atoms with van der Waals surface area (Å²) in [5.74, 6) is -1.49. The molecule has 1 amide bonds. The third-order valence-corrected chi connectivity index (χ3v) is 4.18. The van der Waals surface area contributed by atoms with Crippen molar-refractivity contribution in [3.63, 3.8) is 0 Å². The normalized spacial score (nSPS) is 13.8. The molecule has 6 heteroatoms. The molecule has 0 saturated heterocycles. The van der Waals surface area contributed by atoms with Gasteiger partial charge in [0.1, 0.15) is 0 Å². The molecule has 0 atom stereocenters. The van der Waals surface area contributed by atoms with E-state index in [9.17, 15) is 14.4 Å². The summed E-state index contributed by atoms with van der Waals surface area (Å²) >= 11 is 7.19. The highest BCUT2D eigenvalue weighted by molar-refractivity contribution is 7.12. The molecule has 2 aromatic rings. The molecule has 0 aliphatic carbocycles. The van der Waals surface area contributed by atoms with Crippen LogP contribution in [0, 0.1) is 0 Å². The van der Waals surface area contributed by atoms with Gasteiger partial charge in [-0.3, -0.25) is 19.3 Å². The van der Waals surface area contributed by atoms with Crippen LogP contribution in [0.1, 0.15) is 20.0 Å². The van der Waals surface area contributed by atoms with Gasteiger partial charge in [0, 0.05) is 5.02 Å². The van der Waals surface area contributed by atoms with E-state index in [-0.39, 0.29) is 12.3 Å². The van der Waals surface area contributed by atoms with E-state index in [0.29, 0.717) is 21.2 Å². The summed E-state index contributed by atoms with van der Waals surface area (Å²) in [5.41, 5.74) is 0.691. The number of benzene rings is 1. The predicted molar refractivity (Wildman–Crippen MR) is 76.8 cm³/mol. The molecule has 20 heavy (non-hydrogen) atoms. The van der Waals surface area contributed by atoms with Crippen molar-refractivity contribution in [1.82, 2.24) is 0 Å². The molecule has 1 aliphatic rings. The van der Waals surface area contributed by atoms with E-state index in [2.05, 4.69) is 0 Å². The van der Waals surface area contributed by atoms with Gasteiger partial charge in [-0.05, 0) is 29.6 Å². The highest BCUT2D eigenvalue weighted by Gasteiger charge is 2.37. The van der Waals surface area contributed by atoms with Gasteiger partial charge in [0.2, 0.25) is 0 Å². The number of Topliss-reactive ketones (excluding diaryl/α,β-unsaturated/α-hetero) is 2. The highest BCUT2D eigenvalue weighted by atomic mass is 35.5. The molecule has 3 rings (SSSR count). The van der Waals surface area contributed by atoms with Gasteiger partial charge in [0.15, 0.2) is 5.78 Å². The molecule has 0 fully saturated rings. The number of hydrogen-bond donors (Lipinski definition) is 0. The zero-order valence-corrected chi connectivity index (χ0v) is 11.7. The first-order valence-electron chi connectivity index (χ1n) is 5.80. The Bertz CT molecular complexity index is 724. The van der Waals surface area contributed by atoms with Crippen molar-refractivity contribution < 1.29 is 14.4 Å². The molecule has 2 heterocycles. The first-order valence-corrected chi connectivity index (χ1v) is 7.06. The number of anilines is 1. The average molecular weight is 306 g/mol. The van der Waals surface area contributed by atoms with Crippen molar-refractivity contribution >= 4 is 46.1 Å². The number of ketones is 2. The molecule has 1 aliphatic heterocycles. The number of nitrogens with zero attached hydrogens (tertiary/aromatic N) is 1. The fourth-order valence-corrected chi connectivity index (χ4v) is 2.91. The molecule has 1 aromatic heterocycles. The lowest BCUT2D eigenvalue weighted by atomic mass is 10.1. The number of halogens is 1. The monoisotopic (exact) mass is 305 g/mol. The summed E-state index contributed by atoms with van der Waals surface area (Å²) in [6, 6.07) is 8.04. The standard InChI is InChI=1S/C14H8ClNO3S/c15-8-3-4-9-10(6-8)16(14(19)13(9)18)7-11(17)12-2-1-5-20-12/h1-6H,7H2. The molecule has 0 unspecified atom stereocenters. The van der Waals surface area contributed by atoms with Gasteiger partial charge in [0.25, 0.3) is 11.7 Å². The lowest BCUT2D eigenvalue weighted by Crippen LogP contribution is -2.34. The first kappa shape index (κ1) is 13.0. The fraction of sp³-hybridized carbons (Fsp3) is 0.0714. The van der Waals surface area contributed by atoms with Crippen LogP contribution in [0.5, 0.6) is 0 Å². The zero-order valence-electron chi connectivity index (χ0n) is 10.1. The van der Waals surface area contributed by atoms with Crippen LogP contribution in [0.2, 0.25) is 5.02 Å². The largest absolute Gasteiger partial charge is 0.299 e. The predicted octanol–water partition coefficient (Wildman–Crippen LogP) is 2.81. The molecule has 1 aromatic carbocycles. The van der Waals surface area contributed by atoms with E-state index >= 15 is 0 Å². The summed E-state index contributed by atoms with van der Waals surface area (Å²) in [7, 11) is 0. The number of rotatable bonds is 3. The molecule has 0 saturated carbocycles. The summed E-state index contributed by atoms with van der Waals surface area (Å²) in [6.07, 6.45) is 0. The number of carbonyl (C=O) groups excluding carboxylic acids is 3. The van der Waals surface area contributed by atoms with Crippen molar-refractivity contribution in [3.8, 4) is 0 Å². The van der Waals surface area contributed by atoms with Gasteiger partial charge in [-0.15, -0.1) is 11.3 Å². The quantitative estimate of drug-likeness (QED) is 0.647. The molecule has 4 nitrogen and oxygen atoms in total. The fourth-order valence-electron chi connectivity index (χ4n) is 2.08. The molecule has 0 spiro atoms. The summed E-state index contributed by atoms with van der Waals surface area (Å²) < 4.78 is 0. The number of amides is 1. The van der Waals surface area contributed by atoms with Crippen LogP contribution >= 0.6 is 22.9 Å². The van der Waals surface area contributed by atoms with Crippen molar-refractivity contribution in [2.75, 3.05) is 11.4 Å². The summed E-state index contributed by atoms with van der Waals surface area (Å²) in [6.45, 7) is -0.154. The van der Waals surface area contributed by atoms with Crippen LogP contribution in [0.3, 0.4) is 0 Å². The highest BCUT2D eigenvalue weighted by Crippen LogP contribution is 2.31. The lowest BCUT2D eigenvalue weighted by Gasteiger charge is -2.15. The van der Waals surface area contributed by atoms with E-state index in [4.69, 9.17) is 11.6 Å². The summed E-state index contributed by atoms with van der Waals surface area (Å²) in [4.78, 5) is 37.6. The lowest BCUT2D eigenvalue weighted by molar-refractivity contribution is -0.114. The average Bonchev–Trinajstić information content (AvgIpc) is 3.03. The third kappa shape index (κ3) is 2.05. The van der Waals surface area contributed by atoms with Gasteiger partial charge in [-0.1, -0.05) is 17.7 Å². The van der Waals surface area contributed by atoms with Gasteiger partial charge in [0.05, 0.1) is 22.7 Å². The van der Waals surface area contributed by atoms with Crippen LogP contribution in [0.25, 0.3) is 0 Å². The minimum Gasteiger partial charge on any atom is -0.297 e. The second-order valence-electron chi connectivity index (χ2n) is 4.28. The maximum atomic E-state index is 12.1. The van der Waals surface area contributed by atoms with Crippen molar-refractivity contribution in [2.24, 2.45) is 0 Å². The Balaban J connectivity index is 1.95. The molecule has 100 valence electrons. The second-order valence-corrected chi connectivity index (χ2v) is 5.67. The van der Waals surface area contributed by atoms with Crippen LogP contribution in [0.4, 0.5) is 5.69 Å². The Morgan fingerprint density at radius 2 is 2.05 bits per heavy atom. The van der Waals surface area contributed by atoms with Gasteiger partial charge in [-0.25, -0.2) is 0 Å². The Hall–Kier alpha value is -1.98. The van der Waals surface area contributed by atoms with E-state index in [0.717, 1.165) is 0 Å².